The molecule has 0 unspecified atom stereocenters. The van der Waals surface area contributed by atoms with Crippen LogP contribution >= 0.6 is 11.3 Å². The van der Waals surface area contributed by atoms with Gasteiger partial charge < -0.3 is 4.57 Å². The zero-order valence-electron chi connectivity index (χ0n) is 42.3. The first-order valence-corrected chi connectivity index (χ1v) is 20.5. The molecule has 7 nitrogen and oxygen atoms in total. The summed E-state index contributed by atoms with van der Waals surface area (Å²) in [6.45, 7) is 0. The first kappa shape index (κ1) is 26.8. The Morgan fingerprint density at radius 3 is 1.52 bits per heavy atom. The molecule has 8 aromatic carbocycles. The van der Waals surface area contributed by atoms with Crippen LogP contribution in [0.1, 0.15) is 13.7 Å². The molecule has 4 aromatic heterocycles. The molecule has 0 aliphatic carbocycles. The SMILES string of the molecule is [2H]c1c([2H])c([2H])c(-c2nc(-c3cc(-c4nc(-c5ccccc5)nc(-c5ccccc5)n4)ccc3-n3c4ccccc4c4c5c(ccc43)sc3ccccc35)nc(-c3c([2H])c([2H])c([2H])c([2H])c3[2H])n2)c([2H])c1[2H]. The number of para-hydroxylation sites is 1. The predicted molar refractivity (Wildman–Crippen MR) is 253 cm³/mol. The fourth-order valence-electron chi connectivity index (χ4n) is 7.96. The molecule has 0 aliphatic rings. The van der Waals surface area contributed by atoms with Gasteiger partial charge in [-0.05, 0) is 42.5 Å². The molecule has 0 saturated heterocycles. The lowest BCUT2D eigenvalue weighted by Gasteiger charge is -2.16. The predicted octanol–water partition coefficient (Wildman–Crippen LogP) is 13.5. The molecule has 0 fully saturated rings. The lowest BCUT2D eigenvalue weighted by Crippen LogP contribution is -2.05. The summed E-state index contributed by atoms with van der Waals surface area (Å²) in [6, 6.07) is 38.8. The Hall–Kier alpha value is -8.20. The summed E-state index contributed by atoms with van der Waals surface area (Å²) in [5.74, 6) is 0.218. The Kier molecular flexibility index (Phi) is 6.40. The molecule has 8 heteroatoms. The highest BCUT2D eigenvalue weighted by atomic mass is 32.1. The van der Waals surface area contributed by atoms with Gasteiger partial charge in [-0.25, -0.2) is 29.9 Å². The van der Waals surface area contributed by atoms with Gasteiger partial charge >= 0.3 is 0 Å². The van der Waals surface area contributed by atoms with Crippen LogP contribution in [0.2, 0.25) is 0 Å². The molecule has 0 atom stereocenters. The van der Waals surface area contributed by atoms with Crippen molar-refractivity contribution >= 4 is 53.3 Å². The van der Waals surface area contributed by atoms with Gasteiger partial charge in [0.05, 0.1) is 30.4 Å². The standard InChI is InChI=1S/C54H33N7S/c1-5-17-34(18-6-1)49-55-50(35-19-7-2-8-20-35)58-53(57-49)38-29-30-43(41(33-38)54-59-51(36-21-9-3-10-22-36)56-52(60-54)37-23-11-4-12-24-37)61-42-27-15-13-25-39(42)47-44(61)31-32-46-48(47)40-26-14-16-28-45(40)62-46/h1-33H/i3D,4D,9D,10D,11D,12D,21D,22D,23D,24D. The van der Waals surface area contributed by atoms with Gasteiger partial charge in [-0.15, -0.1) is 11.3 Å². The Bertz CT molecular complexity index is 4040. The maximum atomic E-state index is 9.02. The molecule has 12 aromatic rings. The van der Waals surface area contributed by atoms with Crippen molar-refractivity contribution in [3.8, 4) is 74.0 Å². The largest absolute Gasteiger partial charge is 0.308 e. The second-order valence-corrected chi connectivity index (χ2v) is 15.4. The zero-order valence-corrected chi connectivity index (χ0v) is 33.1. The number of hydrogen-bond acceptors (Lipinski definition) is 7. The third-order valence-corrected chi connectivity index (χ3v) is 11.8. The van der Waals surface area contributed by atoms with Gasteiger partial charge in [0.15, 0.2) is 34.9 Å². The van der Waals surface area contributed by atoms with Crippen molar-refractivity contribution in [2.45, 2.75) is 0 Å². The summed E-state index contributed by atoms with van der Waals surface area (Å²) >= 11 is 1.70. The maximum Gasteiger partial charge on any atom is 0.166 e. The quantitative estimate of drug-likeness (QED) is 0.159. The smallest absolute Gasteiger partial charge is 0.166 e. The fraction of sp³-hybridized carbons (Fsp3) is 0. The molecule has 62 heavy (non-hydrogen) atoms. The van der Waals surface area contributed by atoms with Crippen LogP contribution < -0.4 is 0 Å². The molecule has 0 saturated carbocycles. The first-order valence-electron chi connectivity index (χ1n) is 24.6. The van der Waals surface area contributed by atoms with Gasteiger partial charge in [-0.2, -0.15) is 0 Å². The van der Waals surface area contributed by atoms with Crippen LogP contribution in [0.4, 0.5) is 0 Å². The summed E-state index contributed by atoms with van der Waals surface area (Å²) in [6.07, 6.45) is 0. The number of fused-ring (bicyclic) bond motifs is 7. The summed E-state index contributed by atoms with van der Waals surface area (Å²) in [5, 5.41) is 4.15. The minimum Gasteiger partial charge on any atom is -0.308 e. The molecular weight excluding hydrogens is 779 g/mol. The molecule has 0 bridgehead atoms. The van der Waals surface area contributed by atoms with E-state index in [1.807, 2.05) is 103 Å². The highest BCUT2D eigenvalue weighted by Crippen LogP contribution is 2.45. The highest BCUT2D eigenvalue weighted by Gasteiger charge is 2.23. The molecule has 0 aliphatic heterocycles. The maximum absolute atomic E-state index is 9.02. The van der Waals surface area contributed by atoms with E-state index in [1.54, 1.807) is 17.4 Å². The number of benzene rings is 8. The van der Waals surface area contributed by atoms with Crippen LogP contribution in [0.5, 0.6) is 0 Å². The Balaban J connectivity index is 1.22. The summed E-state index contributed by atoms with van der Waals surface area (Å²) < 4.78 is 91.5. The van der Waals surface area contributed by atoms with Gasteiger partial charge in [0.2, 0.25) is 0 Å². The Labute approximate surface area is 374 Å². The minimum absolute atomic E-state index is 0.112. The van der Waals surface area contributed by atoms with Crippen molar-refractivity contribution in [3.63, 3.8) is 0 Å². The van der Waals surface area contributed by atoms with E-state index in [0.717, 1.165) is 53.1 Å². The van der Waals surface area contributed by atoms with Gasteiger partial charge in [0.1, 0.15) is 0 Å². The molecule has 0 amide bonds. The van der Waals surface area contributed by atoms with Crippen molar-refractivity contribution in [1.82, 2.24) is 34.5 Å². The number of aromatic nitrogens is 7. The first-order chi connectivity index (χ1) is 34.9. The van der Waals surface area contributed by atoms with E-state index in [4.69, 9.17) is 38.6 Å². The van der Waals surface area contributed by atoms with Crippen LogP contribution in [0, 0.1) is 0 Å². The van der Waals surface area contributed by atoms with E-state index >= 15 is 0 Å². The number of thiophene rings is 1. The third-order valence-electron chi connectivity index (χ3n) is 10.7. The van der Waals surface area contributed by atoms with Gasteiger partial charge in [-0.1, -0.05) is 157 Å². The van der Waals surface area contributed by atoms with E-state index in [2.05, 4.69) is 39.9 Å². The fourth-order valence-corrected chi connectivity index (χ4v) is 9.08. The monoisotopic (exact) mass is 821 g/mol. The summed E-state index contributed by atoms with van der Waals surface area (Å²) in [4.78, 5) is 29.4. The summed E-state index contributed by atoms with van der Waals surface area (Å²) in [7, 11) is 0. The van der Waals surface area contributed by atoms with Crippen molar-refractivity contribution in [2.75, 3.05) is 0 Å². The summed E-state index contributed by atoms with van der Waals surface area (Å²) in [5.41, 5.74) is 3.75. The normalized spacial score (nSPS) is 13.8. The van der Waals surface area contributed by atoms with Crippen LogP contribution in [0.15, 0.2) is 200 Å². The van der Waals surface area contributed by atoms with Gasteiger partial charge in [-0.3, -0.25) is 0 Å². The average molecular weight is 822 g/mol. The Morgan fingerprint density at radius 1 is 0.371 bits per heavy atom. The Morgan fingerprint density at radius 2 is 0.887 bits per heavy atom. The van der Waals surface area contributed by atoms with Crippen LogP contribution in [0.25, 0.3) is 116 Å². The van der Waals surface area contributed by atoms with E-state index in [-0.39, 0.29) is 34.4 Å². The minimum atomic E-state index is -0.643. The molecule has 0 radical (unpaired) electrons. The highest BCUT2D eigenvalue weighted by molar-refractivity contribution is 7.26. The molecular formula is C54H33N7S. The van der Waals surface area contributed by atoms with E-state index in [9.17, 15) is 0 Å². The number of rotatable bonds is 7. The van der Waals surface area contributed by atoms with E-state index < -0.39 is 60.4 Å². The average Bonchev–Trinajstić information content (AvgIpc) is 3.97. The van der Waals surface area contributed by atoms with Crippen LogP contribution in [0.3, 0.4) is 0 Å². The van der Waals surface area contributed by atoms with Gasteiger partial charge in [0, 0.05) is 64.3 Å². The van der Waals surface area contributed by atoms with Crippen molar-refractivity contribution in [3.05, 3.63) is 200 Å². The molecule has 0 spiro atoms. The van der Waals surface area contributed by atoms with E-state index in [1.165, 1.54) is 0 Å². The molecule has 0 N–H and O–H groups in total. The van der Waals surface area contributed by atoms with Crippen molar-refractivity contribution in [1.29, 1.82) is 0 Å². The molecule has 290 valence electrons. The third kappa shape index (κ3) is 6.12. The lowest BCUT2D eigenvalue weighted by molar-refractivity contribution is 1.06. The zero-order chi connectivity index (χ0) is 49.7. The molecule has 4 heterocycles. The number of hydrogen-bond donors (Lipinski definition) is 0. The van der Waals surface area contributed by atoms with Crippen LogP contribution in [-0.4, -0.2) is 34.5 Å². The lowest BCUT2D eigenvalue weighted by atomic mass is 10.0. The number of nitrogens with zero attached hydrogens (tertiary/aromatic N) is 7. The van der Waals surface area contributed by atoms with Crippen molar-refractivity contribution in [2.24, 2.45) is 0 Å². The second-order valence-electron chi connectivity index (χ2n) is 14.4. The molecule has 12 rings (SSSR count). The topological polar surface area (TPSA) is 82.3 Å². The second kappa shape index (κ2) is 14.8. The van der Waals surface area contributed by atoms with Crippen LogP contribution in [-0.2, 0) is 0 Å². The van der Waals surface area contributed by atoms with Crippen molar-refractivity contribution < 1.29 is 13.7 Å². The van der Waals surface area contributed by atoms with Gasteiger partial charge in [0.25, 0.3) is 0 Å². The van der Waals surface area contributed by atoms with E-state index in [0.29, 0.717) is 28.5 Å².